The first kappa shape index (κ1) is 25.2. The number of carbonyl (C=O) groups excluding carboxylic acids is 3. The molecule has 0 aliphatic heterocycles. The molecule has 0 aliphatic rings. The summed E-state index contributed by atoms with van der Waals surface area (Å²) in [5, 5.41) is 5.30. The van der Waals surface area contributed by atoms with Crippen molar-refractivity contribution in [1.82, 2.24) is 10.6 Å². The third kappa shape index (κ3) is 12.3. The molecule has 2 atom stereocenters. The smallest absolute Gasteiger partial charge is 0.407 e. The number of hydrogen-bond acceptors (Lipinski definition) is 5. The second kappa shape index (κ2) is 16.4. The highest BCUT2D eigenvalue weighted by Crippen LogP contribution is 2.07. The Bertz CT molecular complexity index is 429. The van der Waals surface area contributed by atoms with Crippen molar-refractivity contribution in [2.45, 2.75) is 97.1 Å². The van der Waals surface area contributed by atoms with Crippen LogP contribution >= 0.6 is 0 Å². The van der Waals surface area contributed by atoms with Gasteiger partial charge in [0.05, 0.1) is 13.7 Å². The molecule has 0 aromatic rings. The predicted molar refractivity (Wildman–Crippen MR) is 105 cm³/mol. The van der Waals surface area contributed by atoms with Crippen LogP contribution in [0.1, 0.15) is 85.0 Å². The quantitative estimate of drug-likeness (QED) is 0.331. The van der Waals surface area contributed by atoms with Crippen LogP contribution in [0.3, 0.4) is 0 Å². The molecule has 0 bridgehead atoms. The number of ether oxygens (including phenoxy) is 2. The number of alkyl carbamates (subject to hydrolysis) is 1. The van der Waals surface area contributed by atoms with Crippen molar-refractivity contribution in [1.29, 1.82) is 0 Å². The maximum absolute atomic E-state index is 12.6. The molecule has 0 rings (SSSR count). The van der Waals surface area contributed by atoms with Crippen molar-refractivity contribution >= 4 is 18.0 Å². The molecular formula is C20H38N2O5. The summed E-state index contributed by atoms with van der Waals surface area (Å²) in [5.74, 6) is -0.779. The summed E-state index contributed by atoms with van der Waals surface area (Å²) >= 11 is 0. The van der Waals surface area contributed by atoms with Gasteiger partial charge in [-0.1, -0.05) is 65.7 Å². The maximum Gasteiger partial charge on any atom is 0.407 e. The van der Waals surface area contributed by atoms with Crippen LogP contribution in [0, 0.1) is 0 Å². The number of unbranched alkanes of at least 4 members (excludes halogenated alkanes) is 5. The maximum atomic E-state index is 12.6. The summed E-state index contributed by atoms with van der Waals surface area (Å²) in [6, 6.07) is -1.41. The summed E-state index contributed by atoms with van der Waals surface area (Å²) < 4.78 is 9.94. The van der Waals surface area contributed by atoms with Crippen LogP contribution in [0.4, 0.5) is 4.79 Å². The van der Waals surface area contributed by atoms with Crippen molar-refractivity contribution in [2.24, 2.45) is 0 Å². The Balaban J connectivity index is 4.76. The fourth-order valence-corrected chi connectivity index (χ4v) is 2.61. The van der Waals surface area contributed by atoms with E-state index in [2.05, 4.69) is 22.3 Å². The fraction of sp³-hybridized carbons (Fsp3) is 0.850. The van der Waals surface area contributed by atoms with E-state index in [0.717, 1.165) is 51.4 Å². The molecule has 0 aromatic carbocycles. The lowest BCUT2D eigenvalue weighted by atomic mass is 10.1. The van der Waals surface area contributed by atoms with Gasteiger partial charge in [0.2, 0.25) is 5.91 Å². The van der Waals surface area contributed by atoms with Gasteiger partial charge in [0.1, 0.15) is 12.1 Å². The van der Waals surface area contributed by atoms with E-state index in [-0.39, 0.29) is 5.91 Å². The highest BCUT2D eigenvalue weighted by Gasteiger charge is 2.27. The summed E-state index contributed by atoms with van der Waals surface area (Å²) in [5.41, 5.74) is 0. The Labute approximate surface area is 163 Å². The number of methoxy groups -OCH3 is 1. The Morgan fingerprint density at radius 2 is 1.37 bits per heavy atom. The average Bonchev–Trinajstić information content (AvgIpc) is 2.67. The average molecular weight is 387 g/mol. The molecule has 7 nitrogen and oxygen atoms in total. The molecule has 27 heavy (non-hydrogen) atoms. The molecule has 0 aromatic heterocycles. The molecule has 7 heteroatoms. The molecule has 0 heterocycles. The monoisotopic (exact) mass is 386 g/mol. The highest BCUT2D eigenvalue weighted by atomic mass is 16.5. The van der Waals surface area contributed by atoms with Crippen LogP contribution in [-0.4, -0.2) is 43.8 Å². The van der Waals surface area contributed by atoms with E-state index in [1.807, 2.05) is 13.8 Å². The van der Waals surface area contributed by atoms with Gasteiger partial charge in [-0.3, -0.25) is 4.79 Å². The van der Waals surface area contributed by atoms with Crippen molar-refractivity contribution in [3.63, 3.8) is 0 Å². The standard InChI is InChI=1S/C20H38N2O5/c1-5-8-11-12-15-27-19(24)17(14-10-7-3)21-18(23)16(13-9-6-2)22-20(25)26-4/h16-17H,5-15H2,1-4H3,(H,21,23)(H,22,25). The van der Waals surface area contributed by atoms with Crippen molar-refractivity contribution in [2.75, 3.05) is 13.7 Å². The summed E-state index contributed by atoms with van der Waals surface area (Å²) in [4.78, 5) is 36.5. The highest BCUT2D eigenvalue weighted by molar-refractivity contribution is 5.89. The number of amides is 2. The minimum atomic E-state index is -0.723. The molecule has 0 aliphatic carbocycles. The SMILES string of the molecule is CCCCCCOC(=O)C(CCCC)NC(=O)C(CCCC)NC(=O)OC. The molecule has 0 fully saturated rings. The van der Waals surface area contributed by atoms with E-state index < -0.39 is 24.1 Å². The molecule has 0 saturated carbocycles. The van der Waals surface area contributed by atoms with Gasteiger partial charge >= 0.3 is 12.1 Å². The van der Waals surface area contributed by atoms with Crippen molar-refractivity contribution in [3.05, 3.63) is 0 Å². The van der Waals surface area contributed by atoms with E-state index in [1.165, 1.54) is 7.11 Å². The third-order valence-electron chi connectivity index (χ3n) is 4.33. The molecule has 0 saturated heterocycles. The second-order valence-electron chi connectivity index (χ2n) is 6.76. The van der Waals surface area contributed by atoms with E-state index in [0.29, 0.717) is 19.4 Å². The van der Waals surface area contributed by atoms with E-state index in [4.69, 9.17) is 4.74 Å². The van der Waals surface area contributed by atoms with Gasteiger partial charge in [0.25, 0.3) is 0 Å². The van der Waals surface area contributed by atoms with Crippen LogP contribution in [0.15, 0.2) is 0 Å². The summed E-state index contributed by atoms with van der Waals surface area (Å²) in [7, 11) is 1.25. The Morgan fingerprint density at radius 1 is 0.778 bits per heavy atom. The molecule has 2 unspecified atom stereocenters. The Hall–Kier alpha value is -1.79. The van der Waals surface area contributed by atoms with Crippen LogP contribution in [0.2, 0.25) is 0 Å². The largest absolute Gasteiger partial charge is 0.464 e. The lowest BCUT2D eigenvalue weighted by Gasteiger charge is -2.22. The zero-order chi connectivity index (χ0) is 20.5. The first-order valence-corrected chi connectivity index (χ1v) is 10.3. The van der Waals surface area contributed by atoms with Crippen molar-refractivity contribution in [3.8, 4) is 0 Å². The third-order valence-corrected chi connectivity index (χ3v) is 4.33. The van der Waals surface area contributed by atoms with E-state index >= 15 is 0 Å². The topological polar surface area (TPSA) is 93.7 Å². The Kier molecular flexibility index (Phi) is 15.3. The summed E-state index contributed by atoms with van der Waals surface area (Å²) in [6.07, 6.45) is 7.84. The van der Waals surface area contributed by atoms with Gasteiger partial charge in [-0.05, 0) is 19.3 Å². The lowest BCUT2D eigenvalue weighted by Crippen LogP contribution is -2.52. The van der Waals surface area contributed by atoms with Crippen LogP contribution in [0.5, 0.6) is 0 Å². The fourth-order valence-electron chi connectivity index (χ4n) is 2.61. The number of hydrogen-bond donors (Lipinski definition) is 2. The van der Waals surface area contributed by atoms with E-state index in [9.17, 15) is 14.4 Å². The second-order valence-corrected chi connectivity index (χ2v) is 6.76. The lowest BCUT2D eigenvalue weighted by molar-refractivity contribution is -0.148. The van der Waals surface area contributed by atoms with Crippen molar-refractivity contribution < 1.29 is 23.9 Å². The zero-order valence-electron chi connectivity index (χ0n) is 17.5. The number of nitrogens with one attached hydrogen (secondary N) is 2. The van der Waals surface area contributed by atoms with Crippen LogP contribution in [0.25, 0.3) is 0 Å². The summed E-state index contributed by atoms with van der Waals surface area (Å²) in [6.45, 7) is 6.53. The van der Waals surface area contributed by atoms with Crippen LogP contribution in [-0.2, 0) is 19.1 Å². The number of carbonyl (C=O) groups is 3. The molecule has 0 radical (unpaired) electrons. The van der Waals surface area contributed by atoms with Gasteiger partial charge in [-0.15, -0.1) is 0 Å². The van der Waals surface area contributed by atoms with Gasteiger partial charge in [-0.2, -0.15) is 0 Å². The van der Waals surface area contributed by atoms with Gasteiger partial charge in [-0.25, -0.2) is 9.59 Å². The Morgan fingerprint density at radius 3 is 1.93 bits per heavy atom. The van der Waals surface area contributed by atoms with Gasteiger partial charge < -0.3 is 20.1 Å². The van der Waals surface area contributed by atoms with E-state index in [1.54, 1.807) is 0 Å². The molecular weight excluding hydrogens is 348 g/mol. The number of esters is 1. The minimum absolute atomic E-state index is 0.372. The van der Waals surface area contributed by atoms with Gasteiger partial charge in [0.15, 0.2) is 0 Å². The normalized spacial score (nSPS) is 12.7. The molecule has 2 N–H and O–H groups in total. The van der Waals surface area contributed by atoms with Gasteiger partial charge in [0, 0.05) is 0 Å². The first-order chi connectivity index (χ1) is 13.0. The zero-order valence-corrected chi connectivity index (χ0v) is 17.5. The molecule has 0 spiro atoms. The van der Waals surface area contributed by atoms with Crippen LogP contribution < -0.4 is 10.6 Å². The molecule has 158 valence electrons. The number of rotatable bonds is 15. The predicted octanol–water partition coefficient (Wildman–Crippen LogP) is 3.70. The molecule has 2 amide bonds. The minimum Gasteiger partial charge on any atom is -0.464 e. The first-order valence-electron chi connectivity index (χ1n) is 10.3.